The van der Waals surface area contributed by atoms with Gasteiger partial charge in [0, 0.05) is 6.08 Å². The summed E-state index contributed by atoms with van der Waals surface area (Å²) in [7, 11) is 0. The van der Waals surface area contributed by atoms with Crippen LogP contribution in [0.3, 0.4) is 0 Å². The van der Waals surface area contributed by atoms with E-state index in [0.29, 0.717) is 12.3 Å². The van der Waals surface area contributed by atoms with Gasteiger partial charge in [0.1, 0.15) is 12.7 Å². The number of carbonyl (C=O) groups is 2. The second kappa shape index (κ2) is 7.64. The van der Waals surface area contributed by atoms with Crippen molar-refractivity contribution < 1.29 is 19.1 Å². The lowest BCUT2D eigenvalue weighted by Crippen LogP contribution is -2.44. The number of nitrogens with one attached hydrogen (secondary N) is 1. The average molecular weight is 303 g/mol. The van der Waals surface area contributed by atoms with E-state index in [0.717, 1.165) is 5.56 Å². The van der Waals surface area contributed by atoms with Gasteiger partial charge in [0.25, 0.3) is 0 Å². The topological polar surface area (TPSA) is 64.6 Å². The molecular weight excluding hydrogens is 282 g/mol. The van der Waals surface area contributed by atoms with Gasteiger partial charge >= 0.3 is 12.1 Å². The first-order valence-electron chi connectivity index (χ1n) is 7.40. The van der Waals surface area contributed by atoms with E-state index in [4.69, 9.17) is 9.47 Å². The fourth-order valence-electron chi connectivity index (χ4n) is 2.30. The molecule has 1 N–H and O–H groups in total. The molecule has 0 fully saturated rings. The zero-order valence-electron chi connectivity index (χ0n) is 12.8. The first-order valence-corrected chi connectivity index (χ1v) is 7.40. The Morgan fingerprint density at radius 3 is 2.64 bits per heavy atom. The van der Waals surface area contributed by atoms with Crippen LogP contribution in [0.4, 0.5) is 4.79 Å². The molecule has 2 atom stereocenters. The van der Waals surface area contributed by atoms with E-state index < -0.39 is 12.2 Å². The number of ether oxygens (including phenoxy) is 2. The van der Waals surface area contributed by atoms with E-state index in [9.17, 15) is 9.59 Å². The van der Waals surface area contributed by atoms with Crippen LogP contribution in [0.25, 0.3) is 0 Å². The van der Waals surface area contributed by atoms with Gasteiger partial charge < -0.3 is 14.8 Å². The summed E-state index contributed by atoms with van der Waals surface area (Å²) in [5.41, 5.74) is 0.922. The summed E-state index contributed by atoms with van der Waals surface area (Å²) in [4.78, 5) is 23.1. The smallest absolute Gasteiger partial charge is 0.407 e. The van der Waals surface area contributed by atoms with Crippen molar-refractivity contribution in [3.8, 4) is 0 Å². The van der Waals surface area contributed by atoms with Crippen LogP contribution >= 0.6 is 0 Å². The SMILES string of the molecule is CC(C)CC(NC(=O)OCc1ccccc1)C1C=CC(=O)O1. The minimum absolute atomic E-state index is 0.210. The van der Waals surface area contributed by atoms with Crippen LogP contribution in [-0.2, 0) is 20.9 Å². The van der Waals surface area contributed by atoms with Crippen molar-refractivity contribution in [2.45, 2.75) is 39.0 Å². The molecule has 0 radical (unpaired) electrons. The second-order valence-corrected chi connectivity index (χ2v) is 5.70. The fraction of sp³-hybridized carbons (Fsp3) is 0.412. The summed E-state index contributed by atoms with van der Waals surface area (Å²) in [6.45, 7) is 4.30. The van der Waals surface area contributed by atoms with Gasteiger partial charge in [0.05, 0.1) is 6.04 Å². The number of cyclic esters (lactones) is 1. The zero-order valence-corrected chi connectivity index (χ0v) is 12.8. The molecule has 2 unspecified atom stereocenters. The first kappa shape index (κ1) is 16.1. The van der Waals surface area contributed by atoms with E-state index in [-0.39, 0.29) is 18.6 Å². The van der Waals surface area contributed by atoms with E-state index in [1.54, 1.807) is 6.08 Å². The summed E-state index contributed by atoms with van der Waals surface area (Å²) >= 11 is 0. The average Bonchev–Trinajstić information content (AvgIpc) is 2.92. The predicted molar refractivity (Wildman–Crippen MR) is 82.0 cm³/mol. The molecule has 0 spiro atoms. The molecule has 5 heteroatoms. The molecule has 1 aliphatic rings. The normalized spacial score (nSPS) is 18.1. The lowest BCUT2D eigenvalue weighted by atomic mass is 9.99. The molecular formula is C17H21NO4. The highest BCUT2D eigenvalue weighted by Gasteiger charge is 2.28. The first-order chi connectivity index (χ1) is 10.5. The summed E-state index contributed by atoms with van der Waals surface area (Å²) in [5, 5.41) is 2.79. The van der Waals surface area contributed by atoms with Crippen LogP contribution in [0.5, 0.6) is 0 Å². The van der Waals surface area contributed by atoms with Crippen molar-refractivity contribution in [3.05, 3.63) is 48.0 Å². The number of rotatable bonds is 6. The summed E-state index contributed by atoms with van der Waals surface area (Å²) in [6, 6.07) is 9.18. The minimum atomic E-state index is -0.508. The Balaban J connectivity index is 1.87. The van der Waals surface area contributed by atoms with Crippen molar-refractivity contribution in [3.63, 3.8) is 0 Å². The number of esters is 1. The van der Waals surface area contributed by atoms with Crippen LogP contribution in [0.1, 0.15) is 25.8 Å². The molecule has 0 bridgehead atoms. The third kappa shape index (κ3) is 4.91. The third-order valence-corrected chi connectivity index (χ3v) is 3.31. The second-order valence-electron chi connectivity index (χ2n) is 5.70. The number of alkyl carbamates (subject to hydrolysis) is 1. The van der Waals surface area contributed by atoms with Gasteiger partial charge in [0.15, 0.2) is 0 Å². The lowest BCUT2D eigenvalue weighted by molar-refractivity contribution is -0.139. The molecule has 22 heavy (non-hydrogen) atoms. The van der Waals surface area contributed by atoms with E-state index in [2.05, 4.69) is 5.32 Å². The number of amides is 1. The van der Waals surface area contributed by atoms with E-state index >= 15 is 0 Å². The number of hydrogen-bond donors (Lipinski definition) is 1. The van der Waals surface area contributed by atoms with Crippen LogP contribution in [0, 0.1) is 5.92 Å². The van der Waals surface area contributed by atoms with Gasteiger partial charge in [-0.05, 0) is 24.0 Å². The largest absolute Gasteiger partial charge is 0.453 e. The Morgan fingerprint density at radius 1 is 1.32 bits per heavy atom. The quantitative estimate of drug-likeness (QED) is 0.821. The van der Waals surface area contributed by atoms with Gasteiger partial charge in [-0.3, -0.25) is 0 Å². The molecule has 1 aromatic rings. The van der Waals surface area contributed by atoms with Crippen LogP contribution < -0.4 is 5.32 Å². The molecule has 1 aliphatic heterocycles. The van der Waals surface area contributed by atoms with Crippen LogP contribution in [0.15, 0.2) is 42.5 Å². The van der Waals surface area contributed by atoms with Gasteiger partial charge in [-0.1, -0.05) is 44.2 Å². The molecule has 1 heterocycles. The number of benzene rings is 1. The molecule has 1 aromatic carbocycles. The molecule has 0 saturated heterocycles. The van der Waals surface area contributed by atoms with Crippen LogP contribution in [-0.4, -0.2) is 24.2 Å². The maximum Gasteiger partial charge on any atom is 0.407 e. The highest BCUT2D eigenvalue weighted by molar-refractivity contribution is 5.84. The fourth-order valence-corrected chi connectivity index (χ4v) is 2.30. The molecule has 0 aromatic heterocycles. The maximum atomic E-state index is 11.9. The van der Waals surface area contributed by atoms with Gasteiger partial charge in [0.2, 0.25) is 0 Å². The Bertz CT molecular complexity index is 539. The van der Waals surface area contributed by atoms with Crippen molar-refractivity contribution in [1.82, 2.24) is 5.32 Å². The zero-order chi connectivity index (χ0) is 15.9. The van der Waals surface area contributed by atoms with E-state index in [1.807, 2.05) is 44.2 Å². The van der Waals surface area contributed by atoms with Crippen molar-refractivity contribution >= 4 is 12.1 Å². The molecule has 0 aliphatic carbocycles. The lowest BCUT2D eigenvalue weighted by Gasteiger charge is -2.24. The Morgan fingerprint density at radius 2 is 2.05 bits per heavy atom. The number of hydrogen-bond acceptors (Lipinski definition) is 4. The van der Waals surface area contributed by atoms with Crippen molar-refractivity contribution in [1.29, 1.82) is 0 Å². The Labute approximate surface area is 130 Å². The molecule has 118 valence electrons. The highest BCUT2D eigenvalue weighted by Crippen LogP contribution is 2.16. The van der Waals surface area contributed by atoms with Crippen LogP contribution in [0.2, 0.25) is 0 Å². The minimum Gasteiger partial charge on any atom is -0.453 e. The number of carbonyl (C=O) groups excluding carboxylic acids is 2. The highest BCUT2D eigenvalue weighted by atomic mass is 16.6. The van der Waals surface area contributed by atoms with Crippen molar-refractivity contribution in [2.24, 2.45) is 5.92 Å². The predicted octanol–water partition coefficient (Wildman–Crippen LogP) is 2.81. The van der Waals surface area contributed by atoms with Gasteiger partial charge in [-0.2, -0.15) is 0 Å². The van der Waals surface area contributed by atoms with Gasteiger partial charge in [-0.25, -0.2) is 9.59 Å². The summed E-state index contributed by atoms with van der Waals surface area (Å²) in [5.74, 6) is -0.0228. The summed E-state index contributed by atoms with van der Waals surface area (Å²) < 4.78 is 10.4. The molecule has 0 saturated carbocycles. The molecule has 2 rings (SSSR count). The van der Waals surface area contributed by atoms with E-state index in [1.165, 1.54) is 6.08 Å². The maximum absolute atomic E-state index is 11.9. The summed E-state index contributed by atoms with van der Waals surface area (Å²) in [6.07, 6.45) is 2.81. The Kier molecular flexibility index (Phi) is 5.58. The van der Waals surface area contributed by atoms with Crippen molar-refractivity contribution in [2.75, 3.05) is 0 Å². The molecule has 5 nitrogen and oxygen atoms in total. The third-order valence-electron chi connectivity index (χ3n) is 3.31. The Hall–Kier alpha value is -2.30. The van der Waals surface area contributed by atoms with Gasteiger partial charge in [-0.15, -0.1) is 0 Å². The monoisotopic (exact) mass is 303 g/mol. The molecule has 1 amide bonds. The standard InChI is InChI=1S/C17H21NO4/c1-12(2)10-14(15-8-9-16(19)22-15)18-17(20)21-11-13-6-4-3-5-7-13/h3-9,12,14-15H,10-11H2,1-2H3,(H,18,20).